The third-order valence-corrected chi connectivity index (χ3v) is 7.43. The molecule has 2 aliphatic rings. The van der Waals surface area contributed by atoms with Gasteiger partial charge in [-0.15, -0.1) is 11.3 Å². The van der Waals surface area contributed by atoms with Gasteiger partial charge in [-0.1, -0.05) is 26.0 Å². The lowest BCUT2D eigenvalue weighted by Crippen LogP contribution is -2.46. The third-order valence-electron chi connectivity index (χ3n) is 6.51. The maximum absolute atomic E-state index is 13.4. The Balaban J connectivity index is 1.64. The number of hydrogen-bond acceptors (Lipinski definition) is 7. The van der Waals surface area contributed by atoms with Crippen LogP contribution in [-0.4, -0.2) is 59.8 Å². The van der Waals surface area contributed by atoms with Gasteiger partial charge in [0.05, 0.1) is 30.9 Å². The van der Waals surface area contributed by atoms with Crippen molar-refractivity contribution in [3.05, 3.63) is 46.2 Å². The van der Waals surface area contributed by atoms with Gasteiger partial charge in [-0.2, -0.15) is 5.10 Å². The minimum atomic E-state index is -0.962. The van der Waals surface area contributed by atoms with Gasteiger partial charge in [0.15, 0.2) is 11.5 Å². The summed E-state index contributed by atoms with van der Waals surface area (Å²) in [5.74, 6) is 0.316. The van der Waals surface area contributed by atoms with Gasteiger partial charge >= 0.3 is 6.03 Å². The number of carbonyl (C=O) groups excluding carboxylic acids is 3. The lowest BCUT2D eigenvalue weighted by atomic mass is 9.93. The number of imide groups is 1. The van der Waals surface area contributed by atoms with E-state index in [0.29, 0.717) is 30.8 Å². The first kappa shape index (κ1) is 23.7. The molecule has 1 unspecified atom stereocenters. The maximum atomic E-state index is 13.4. The predicted molar refractivity (Wildman–Crippen MR) is 128 cm³/mol. The summed E-state index contributed by atoms with van der Waals surface area (Å²) in [5, 5.41) is 10.7. The number of thiophene rings is 1. The van der Waals surface area contributed by atoms with Gasteiger partial charge in [0.2, 0.25) is 0 Å². The number of nitrogens with zero attached hydrogens (tertiary/aromatic N) is 3. The molecule has 4 rings (SSSR count). The normalized spacial score (nSPS) is 19.3. The number of hydrazone groups is 1. The lowest BCUT2D eigenvalue weighted by molar-refractivity contribution is -0.140. The molecule has 180 valence electrons. The van der Waals surface area contributed by atoms with Gasteiger partial charge in [-0.3, -0.25) is 14.5 Å². The Kier molecular flexibility index (Phi) is 6.60. The molecule has 2 aromatic rings. The molecule has 0 radical (unpaired) electrons. The van der Waals surface area contributed by atoms with Crippen LogP contribution in [0.15, 0.2) is 40.8 Å². The summed E-state index contributed by atoms with van der Waals surface area (Å²) in [6.07, 6.45) is 1.41. The zero-order valence-electron chi connectivity index (χ0n) is 19.7. The molecule has 4 amide bonds. The minimum Gasteiger partial charge on any atom is -0.493 e. The quantitative estimate of drug-likeness (QED) is 0.578. The van der Waals surface area contributed by atoms with Crippen LogP contribution >= 0.6 is 11.3 Å². The first-order valence-corrected chi connectivity index (χ1v) is 12.0. The molecule has 1 aromatic heterocycles. The van der Waals surface area contributed by atoms with Crippen LogP contribution in [-0.2, 0) is 9.59 Å². The van der Waals surface area contributed by atoms with Crippen molar-refractivity contribution in [3.63, 3.8) is 0 Å². The Morgan fingerprint density at radius 3 is 2.50 bits per heavy atom. The Hall–Kier alpha value is -3.40. The number of rotatable bonds is 8. The van der Waals surface area contributed by atoms with Crippen molar-refractivity contribution in [1.29, 1.82) is 0 Å². The second kappa shape index (κ2) is 9.46. The van der Waals surface area contributed by atoms with Crippen LogP contribution in [0.1, 0.15) is 49.6 Å². The molecule has 9 nitrogen and oxygen atoms in total. The zero-order valence-corrected chi connectivity index (χ0v) is 20.5. The highest BCUT2D eigenvalue weighted by Crippen LogP contribution is 2.38. The number of ether oxygens (including phenoxy) is 2. The molecule has 1 N–H and O–H groups in total. The topological polar surface area (TPSA) is 101 Å². The van der Waals surface area contributed by atoms with Gasteiger partial charge in [0.25, 0.3) is 11.8 Å². The molecule has 1 aromatic carbocycles. The minimum absolute atomic E-state index is 0.375. The summed E-state index contributed by atoms with van der Waals surface area (Å²) in [5.41, 5.74) is 0.628. The Morgan fingerprint density at radius 1 is 1.18 bits per heavy atom. The van der Waals surface area contributed by atoms with E-state index in [1.807, 2.05) is 43.5 Å². The number of nitrogens with one attached hydrogen (secondary N) is 1. The fraction of sp³-hybridized carbons (Fsp3) is 0.417. The molecule has 0 aliphatic carbocycles. The van der Waals surface area contributed by atoms with E-state index in [1.54, 1.807) is 31.6 Å². The smallest absolute Gasteiger partial charge is 0.325 e. The van der Waals surface area contributed by atoms with Crippen molar-refractivity contribution in [2.24, 2.45) is 5.10 Å². The summed E-state index contributed by atoms with van der Waals surface area (Å²) in [7, 11) is 3.11. The van der Waals surface area contributed by atoms with Crippen LogP contribution in [0.4, 0.5) is 4.79 Å². The molecule has 0 bridgehead atoms. The summed E-state index contributed by atoms with van der Waals surface area (Å²) in [6, 6.07) is 8.40. The first-order valence-electron chi connectivity index (χ1n) is 11.2. The molecular weight excluding hydrogens is 456 g/mol. The van der Waals surface area contributed by atoms with Gasteiger partial charge in [0.1, 0.15) is 12.1 Å². The molecular formula is C24H28N4O5S. The van der Waals surface area contributed by atoms with E-state index in [0.717, 1.165) is 21.1 Å². The van der Waals surface area contributed by atoms with Crippen molar-refractivity contribution in [3.8, 4) is 11.5 Å². The standard InChI is InChI=1S/C24H28N4O5S/c1-5-24(6-2)22(30)27(23(31)25-24)14-21(29)28-17(13-16(26-28)20-8-7-11-34-20)15-9-10-18(32-3)19(12-15)33-4/h7-12,17H,5-6,13-14H2,1-4H3,(H,25,31). The molecule has 34 heavy (non-hydrogen) atoms. The molecule has 10 heteroatoms. The first-order chi connectivity index (χ1) is 16.4. The molecule has 1 atom stereocenters. The second-order valence-corrected chi connectivity index (χ2v) is 9.16. The highest BCUT2D eigenvalue weighted by Gasteiger charge is 2.50. The number of methoxy groups -OCH3 is 2. The summed E-state index contributed by atoms with van der Waals surface area (Å²) in [6.45, 7) is 3.31. The summed E-state index contributed by atoms with van der Waals surface area (Å²) >= 11 is 1.54. The van der Waals surface area contributed by atoms with Gasteiger partial charge in [0, 0.05) is 6.42 Å². The van der Waals surface area contributed by atoms with Crippen LogP contribution in [0.3, 0.4) is 0 Å². The van der Waals surface area contributed by atoms with Gasteiger partial charge < -0.3 is 14.8 Å². The Morgan fingerprint density at radius 2 is 1.91 bits per heavy atom. The van der Waals surface area contributed by atoms with E-state index in [-0.39, 0.29) is 12.5 Å². The monoisotopic (exact) mass is 484 g/mol. The number of carbonyl (C=O) groups is 3. The van der Waals surface area contributed by atoms with E-state index in [2.05, 4.69) is 10.4 Å². The van der Waals surface area contributed by atoms with E-state index < -0.39 is 23.5 Å². The molecule has 0 saturated carbocycles. The molecule has 1 fully saturated rings. The fourth-order valence-electron chi connectivity index (χ4n) is 4.41. The maximum Gasteiger partial charge on any atom is 0.325 e. The van der Waals surface area contributed by atoms with Crippen molar-refractivity contribution in [1.82, 2.24) is 15.2 Å². The predicted octanol–water partition coefficient (Wildman–Crippen LogP) is 3.55. The SMILES string of the molecule is CCC1(CC)NC(=O)N(CC(=O)N2N=C(c3cccs3)CC2c2ccc(OC)c(OC)c2)C1=O. The molecule has 1 saturated heterocycles. The van der Waals surface area contributed by atoms with E-state index in [9.17, 15) is 14.4 Å². The number of hydrogen-bond donors (Lipinski definition) is 1. The number of benzene rings is 1. The van der Waals surface area contributed by atoms with Crippen LogP contribution in [0, 0.1) is 0 Å². The van der Waals surface area contributed by atoms with Gasteiger partial charge in [-0.25, -0.2) is 9.80 Å². The van der Waals surface area contributed by atoms with E-state index in [1.165, 1.54) is 5.01 Å². The van der Waals surface area contributed by atoms with Crippen molar-refractivity contribution in [2.75, 3.05) is 20.8 Å². The molecule has 2 aliphatic heterocycles. The Bertz CT molecular complexity index is 1130. The Labute approximate surface area is 202 Å². The molecule has 3 heterocycles. The van der Waals surface area contributed by atoms with E-state index >= 15 is 0 Å². The average Bonchev–Trinajstić information content (AvgIpc) is 3.59. The van der Waals surface area contributed by atoms with Crippen molar-refractivity contribution in [2.45, 2.75) is 44.7 Å². The highest BCUT2D eigenvalue weighted by molar-refractivity contribution is 7.12. The van der Waals surface area contributed by atoms with E-state index in [4.69, 9.17) is 9.47 Å². The largest absolute Gasteiger partial charge is 0.493 e. The second-order valence-electron chi connectivity index (χ2n) is 8.21. The number of urea groups is 1. The van der Waals surface area contributed by atoms with Crippen LogP contribution in [0.5, 0.6) is 11.5 Å². The number of amides is 4. The van der Waals surface area contributed by atoms with Crippen LogP contribution in [0.25, 0.3) is 0 Å². The summed E-state index contributed by atoms with van der Waals surface area (Å²) in [4.78, 5) is 41.0. The van der Waals surface area contributed by atoms with Gasteiger partial charge in [-0.05, 0) is 42.0 Å². The van der Waals surface area contributed by atoms with Crippen LogP contribution < -0.4 is 14.8 Å². The van der Waals surface area contributed by atoms with Crippen molar-refractivity contribution >= 4 is 34.9 Å². The van der Waals surface area contributed by atoms with Crippen molar-refractivity contribution < 1.29 is 23.9 Å². The zero-order chi connectivity index (χ0) is 24.5. The summed E-state index contributed by atoms with van der Waals surface area (Å²) < 4.78 is 10.8. The van der Waals surface area contributed by atoms with Crippen LogP contribution in [0.2, 0.25) is 0 Å². The fourth-order valence-corrected chi connectivity index (χ4v) is 5.13. The third kappa shape index (κ3) is 4.02. The highest BCUT2D eigenvalue weighted by atomic mass is 32.1. The average molecular weight is 485 g/mol. The molecule has 0 spiro atoms. The lowest BCUT2D eigenvalue weighted by Gasteiger charge is -2.25.